The zero-order valence-electron chi connectivity index (χ0n) is 16.3. The Labute approximate surface area is 198 Å². The average Bonchev–Trinajstić information content (AvgIpc) is 2.73. The summed E-state index contributed by atoms with van der Waals surface area (Å²) in [5.74, 6) is -1.61. The highest BCUT2D eigenvalue weighted by Gasteiger charge is 2.51. The molecule has 1 aromatic rings. The molecule has 0 radical (unpaired) electrons. The van der Waals surface area contributed by atoms with E-state index in [0.717, 1.165) is 5.56 Å². The molecule has 14 heteroatoms. The van der Waals surface area contributed by atoms with Crippen molar-refractivity contribution in [3.8, 4) is 0 Å². The number of carbonyl (C=O) groups excluding carboxylic acids is 2. The molecule has 1 amide bonds. The third kappa shape index (κ3) is 6.24. The van der Waals surface area contributed by atoms with Gasteiger partial charge in [0, 0.05) is 11.5 Å². The summed E-state index contributed by atoms with van der Waals surface area (Å²) >= 11 is 16.8. The summed E-state index contributed by atoms with van der Waals surface area (Å²) in [5.41, 5.74) is -1.33. The van der Waals surface area contributed by atoms with Gasteiger partial charge in [-0.2, -0.15) is 13.2 Å². The van der Waals surface area contributed by atoms with Crippen LogP contribution in [0.1, 0.15) is 18.8 Å². The van der Waals surface area contributed by atoms with Gasteiger partial charge in [0.1, 0.15) is 6.10 Å². The lowest BCUT2D eigenvalue weighted by Crippen LogP contribution is -2.63. The maximum atomic E-state index is 12.6. The Morgan fingerprint density at radius 1 is 1.16 bits per heavy atom. The minimum absolute atomic E-state index is 0.0376. The standard InChI is InChI=1S/C18H18Cl3F3NO6P/c1-8-11(25-15(26)17(19,20)21)14(31-32-16(27)18(22,23)24)29-10-7-28-13(30-12(8)10)9-5-3-2-4-6-9/h2-6,8,10-14,32H,7H2,1H3,(H,25,26)/t8-,10?,11?,12+,13?,14?/m1/s1. The maximum absolute atomic E-state index is 12.6. The summed E-state index contributed by atoms with van der Waals surface area (Å²) in [6.07, 6.45) is -8.61. The van der Waals surface area contributed by atoms with Gasteiger partial charge in [-0.25, -0.2) is 0 Å². The zero-order valence-corrected chi connectivity index (χ0v) is 19.5. The molecule has 2 heterocycles. The molecule has 7 atom stereocenters. The Morgan fingerprint density at radius 2 is 1.81 bits per heavy atom. The van der Waals surface area contributed by atoms with Crippen molar-refractivity contribution in [2.45, 2.75) is 47.7 Å². The second-order valence-corrected chi connectivity index (χ2v) is 10.3. The highest BCUT2D eigenvalue weighted by Crippen LogP contribution is 2.40. The summed E-state index contributed by atoms with van der Waals surface area (Å²) in [5, 5.41) is 2.42. The minimum Gasteiger partial charge on any atom is -0.346 e. The molecular formula is C18H18Cl3F3NO6P. The van der Waals surface area contributed by atoms with Gasteiger partial charge in [-0.15, -0.1) is 0 Å². The fourth-order valence-corrected chi connectivity index (χ4v) is 4.03. The number of alkyl halides is 6. The number of rotatable bonds is 5. The summed E-state index contributed by atoms with van der Waals surface area (Å²) in [4.78, 5) is 23.5. The summed E-state index contributed by atoms with van der Waals surface area (Å²) in [6.45, 7) is 1.71. The molecule has 1 N–H and O–H groups in total. The first-order valence-corrected chi connectivity index (χ1v) is 11.3. The minimum atomic E-state index is -5.07. The van der Waals surface area contributed by atoms with E-state index < -0.39 is 67.0 Å². The van der Waals surface area contributed by atoms with Crippen LogP contribution in [0.2, 0.25) is 0 Å². The fraction of sp³-hybridized carbons (Fsp3) is 0.556. The molecule has 178 valence electrons. The Balaban J connectivity index is 1.78. The van der Waals surface area contributed by atoms with Crippen LogP contribution in [0, 0.1) is 5.92 Å². The van der Waals surface area contributed by atoms with Gasteiger partial charge in [-0.05, 0) is 0 Å². The Hall–Kier alpha value is -0.710. The van der Waals surface area contributed by atoms with Crippen LogP contribution in [0.15, 0.2) is 30.3 Å². The normalized spacial score (nSPS) is 31.3. The van der Waals surface area contributed by atoms with Gasteiger partial charge >= 0.3 is 6.18 Å². The van der Waals surface area contributed by atoms with Crippen LogP contribution in [0.5, 0.6) is 0 Å². The average molecular weight is 539 g/mol. The second kappa shape index (κ2) is 10.3. The van der Waals surface area contributed by atoms with Gasteiger partial charge < -0.3 is 24.1 Å². The lowest BCUT2D eigenvalue weighted by Gasteiger charge is -2.48. The smallest absolute Gasteiger partial charge is 0.346 e. The predicted molar refractivity (Wildman–Crippen MR) is 111 cm³/mol. The van der Waals surface area contributed by atoms with E-state index in [-0.39, 0.29) is 6.61 Å². The molecule has 3 rings (SSSR count). The van der Waals surface area contributed by atoms with E-state index in [9.17, 15) is 22.8 Å². The molecule has 0 bridgehead atoms. The number of ether oxygens (including phenoxy) is 3. The van der Waals surface area contributed by atoms with E-state index in [4.69, 9.17) is 53.5 Å². The molecule has 1 aromatic carbocycles. The molecule has 0 aromatic heterocycles. The van der Waals surface area contributed by atoms with Gasteiger partial charge in [0.2, 0.25) is 0 Å². The van der Waals surface area contributed by atoms with Crippen LogP contribution < -0.4 is 5.32 Å². The van der Waals surface area contributed by atoms with Crippen molar-refractivity contribution in [2.75, 3.05) is 6.61 Å². The maximum Gasteiger partial charge on any atom is 0.456 e. The van der Waals surface area contributed by atoms with Gasteiger partial charge in [0.15, 0.2) is 12.6 Å². The summed E-state index contributed by atoms with van der Waals surface area (Å²) in [7, 11) is -1.60. The molecule has 0 saturated carbocycles. The van der Waals surface area contributed by atoms with Crippen molar-refractivity contribution >= 4 is 55.0 Å². The predicted octanol–water partition coefficient (Wildman–Crippen LogP) is 4.02. The Morgan fingerprint density at radius 3 is 2.41 bits per heavy atom. The number of fused-ring (bicyclic) bond motifs is 1. The second-order valence-electron chi connectivity index (χ2n) is 7.12. The van der Waals surface area contributed by atoms with Crippen LogP contribution in [-0.4, -0.2) is 52.5 Å². The number of hydrogen-bond donors (Lipinski definition) is 1. The fourth-order valence-electron chi connectivity index (χ4n) is 3.32. The van der Waals surface area contributed by atoms with Crippen LogP contribution in [0.25, 0.3) is 0 Å². The monoisotopic (exact) mass is 537 g/mol. The number of nitrogens with one attached hydrogen (secondary N) is 1. The molecule has 7 nitrogen and oxygen atoms in total. The van der Waals surface area contributed by atoms with Crippen LogP contribution in [-0.2, 0) is 28.3 Å². The molecule has 2 saturated heterocycles. The number of benzene rings is 1. The SMILES string of the molecule is C[C@@H]1C(NC(=O)C(Cl)(Cl)Cl)C(OPC(=O)C(F)(F)F)OC2COC(c3ccccc3)O[C@H]21. The van der Waals surface area contributed by atoms with E-state index in [2.05, 4.69) is 5.32 Å². The van der Waals surface area contributed by atoms with Gasteiger partial charge in [0.05, 0.1) is 27.6 Å². The third-order valence-corrected chi connectivity index (χ3v) is 6.23. The van der Waals surface area contributed by atoms with Gasteiger partial charge in [-0.1, -0.05) is 72.1 Å². The summed E-state index contributed by atoms with van der Waals surface area (Å²) < 4.78 is 57.9. The van der Waals surface area contributed by atoms with Crippen molar-refractivity contribution in [3.05, 3.63) is 35.9 Å². The Kier molecular flexibility index (Phi) is 8.32. The molecule has 32 heavy (non-hydrogen) atoms. The molecule has 2 aliphatic heterocycles. The van der Waals surface area contributed by atoms with E-state index in [1.807, 2.05) is 6.07 Å². The first kappa shape index (κ1) is 25.9. The first-order chi connectivity index (χ1) is 14.9. The molecule has 2 fully saturated rings. The number of amides is 1. The highest BCUT2D eigenvalue weighted by atomic mass is 35.6. The van der Waals surface area contributed by atoms with Crippen molar-refractivity contribution < 1.29 is 41.5 Å². The quantitative estimate of drug-likeness (QED) is 0.451. The van der Waals surface area contributed by atoms with Crippen LogP contribution >= 0.6 is 43.6 Å². The first-order valence-electron chi connectivity index (χ1n) is 9.26. The largest absolute Gasteiger partial charge is 0.456 e. The van der Waals surface area contributed by atoms with E-state index in [1.165, 1.54) is 0 Å². The lowest BCUT2D eigenvalue weighted by molar-refractivity contribution is -0.323. The summed E-state index contributed by atoms with van der Waals surface area (Å²) in [6, 6.07) is 7.97. The third-order valence-electron chi connectivity index (χ3n) is 4.90. The number of carbonyl (C=O) groups is 2. The molecule has 5 unspecified atom stereocenters. The molecule has 0 spiro atoms. The van der Waals surface area contributed by atoms with Gasteiger partial charge in [0.25, 0.3) is 15.2 Å². The Bertz CT molecular complexity index is 828. The molecule has 2 aliphatic rings. The van der Waals surface area contributed by atoms with Gasteiger partial charge in [-0.3, -0.25) is 9.59 Å². The van der Waals surface area contributed by atoms with E-state index in [0.29, 0.717) is 0 Å². The number of halogens is 6. The van der Waals surface area contributed by atoms with Crippen molar-refractivity contribution in [2.24, 2.45) is 5.92 Å². The van der Waals surface area contributed by atoms with Crippen molar-refractivity contribution in [1.29, 1.82) is 0 Å². The molecule has 0 aliphatic carbocycles. The number of hydrogen-bond acceptors (Lipinski definition) is 6. The topological polar surface area (TPSA) is 83.1 Å². The zero-order chi connectivity index (χ0) is 23.7. The lowest BCUT2D eigenvalue weighted by atomic mass is 9.88. The molecular weight excluding hydrogens is 521 g/mol. The van der Waals surface area contributed by atoms with Crippen molar-refractivity contribution in [3.63, 3.8) is 0 Å². The highest BCUT2D eigenvalue weighted by molar-refractivity contribution is 7.53. The van der Waals surface area contributed by atoms with Crippen LogP contribution in [0.3, 0.4) is 0 Å². The van der Waals surface area contributed by atoms with Crippen LogP contribution in [0.4, 0.5) is 13.2 Å². The van der Waals surface area contributed by atoms with E-state index >= 15 is 0 Å². The van der Waals surface area contributed by atoms with E-state index in [1.54, 1.807) is 31.2 Å². The van der Waals surface area contributed by atoms with Crippen molar-refractivity contribution in [1.82, 2.24) is 5.32 Å².